The molecule has 0 bridgehead atoms. The van der Waals surface area contributed by atoms with Gasteiger partial charge in [-0.05, 0) is 62.3 Å². The van der Waals surface area contributed by atoms with Crippen molar-refractivity contribution in [1.82, 2.24) is 4.90 Å². The van der Waals surface area contributed by atoms with Crippen molar-refractivity contribution in [2.75, 3.05) is 34.4 Å². The Bertz CT molecular complexity index is 566. The van der Waals surface area contributed by atoms with Crippen molar-refractivity contribution in [2.24, 2.45) is 0 Å². The fraction of sp³-hybridized carbons (Fsp3) is 0.550. The van der Waals surface area contributed by atoms with Crippen LogP contribution in [0, 0.1) is 0 Å². The Balaban J connectivity index is 1.78. The van der Waals surface area contributed by atoms with Crippen LogP contribution in [0.5, 0.6) is 17.2 Å². The number of hydrogen-bond donors (Lipinski definition) is 0. The zero-order valence-corrected chi connectivity index (χ0v) is 15.5. The van der Waals surface area contributed by atoms with E-state index in [1.54, 1.807) is 27.4 Å². The summed E-state index contributed by atoms with van der Waals surface area (Å²) in [5, 5.41) is 0. The molecule has 138 valence electrons. The Labute approximate surface area is 150 Å². The van der Waals surface area contributed by atoms with Gasteiger partial charge in [0.25, 0.3) is 0 Å². The van der Waals surface area contributed by atoms with Crippen LogP contribution in [-0.2, 0) is 11.2 Å². The largest absolute Gasteiger partial charge is 0.493 e. The maximum absolute atomic E-state index is 11.9. The summed E-state index contributed by atoms with van der Waals surface area (Å²) in [5.41, 5.74) is 1.16. The lowest BCUT2D eigenvalue weighted by molar-refractivity contribution is -0.125. The van der Waals surface area contributed by atoms with Gasteiger partial charge in [-0.3, -0.25) is 4.79 Å². The lowest BCUT2D eigenvalue weighted by atomic mass is 10.1. The first-order valence-corrected chi connectivity index (χ1v) is 8.94. The summed E-state index contributed by atoms with van der Waals surface area (Å²) in [4.78, 5) is 13.8. The molecule has 0 N–H and O–H groups in total. The molecule has 1 saturated heterocycles. The van der Waals surface area contributed by atoms with Crippen LogP contribution >= 0.6 is 0 Å². The zero-order chi connectivity index (χ0) is 18.1. The van der Waals surface area contributed by atoms with Gasteiger partial charge in [-0.15, -0.1) is 0 Å². The van der Waals surface area contributed by atoms with Crippen molar-refractivity contribution in [3.05, 3.63) is 29.8 Å². The highest BCUT2D eigenvalue weighted by molar-refractivity contribution is 5.87. The van der Waals surface area contributed by atoms with Gasteiger partial charge >= 0.3 is 0 Å². The average molecular weight is 347 g/mol. The molecule has 1 fully saturated rings. The molecule has 0 aliphatic carbocycles. The van der Waals surface area contributed by atoms with Crippen molar-refractivity contribution >= 4 is 5.91 Å². The molecule has 1 aliphatic heterocycles. The van der Waals surface area contributed by atoms with Gasteiger partial charge in [0.2, 0.25) is 11.7 Å². The predicted molar refractivity (Wildman–Crippen MR) is 98.6 cm³/mol. The maximum atomic E-state index is 11.9. The summed E-state index contributed by atoms with van der Waals surface area (Å²) in [6, 6.07) is 3.99. The molecule has 0 saturated carbocycles. The molecule has 0 spiro atoms. The minimum atomic E-state index is 0.155. The van der Waals surface area contributed by atoms with Gasteiger partial charge in [0.1, 0.15) is 0 Å². The van der Waals surface area contributed by atoms with Gasteiger partial charge in [-0.25, -0.2) is 0 Å². The third kappa shape index (κ3) is 5.41. The molecule has 25 heavy (non-hydrogen) atoms. The van der Waals surface area contributed by atoms with E-state index in [9.17, 15) is 4.79 Å². The van der Waals surface area contributed by atoms with E-state index in [0.717, 1.165) is 57.2 Å². The van der Waals surface area contributed by atoms with Gasteiger partial charge in [-0.2, -0.15) is 0 Å². The molecular formula is C20H29NO4. The Kier molecular flexibility index (Phi) is 7.64. The van der Waals surface area contributed by atoms with Crippen molar-refractivity contribution in [2.45, 2.75) is 38.5 Å². The molecule has 1 aromatic carbocycles. The monoisotopic (exact) mass is 347 g/mol. The predicted octanol–water partition coefficient (Wildman–Crippen LogP) is 3.60. The SMILES string of the molecule is COc1cc(CCCC/C=C/C(=O)N2CCCC2)cc(OC)c1OC. The summed E-state index contributed by atoms with van der Waals surface area (Å²) >= 11 is 0. The van der Waals surface area contributed by atoms with Crippen LogP contribution in [0.1, 0.15) is 37.7 Å². The zero-order valence-electron chi connectivity index (χ0n) is 15.5. The van der Waals surface area contributed by atoms with Crippen LogP contribution in [0.3, 0.4) is 0 Å². The highest BCUT2D eigenvalue weighted by Gasteiger charge is 2.15. The second-order valence-corrected chi connectivity index (χ2v) is 6.21. The van der Waals surface area contributed by atoms with E-state index < -0.39 is 0 Å². The molecule has 1 aromatic rings. The summed E-state index contributed by atoms with van der Waals surface area (Å²) in [6.45, 7) is 1.81. The van der Waals surface area contributed by atoms with Crippen molar-refractivity contribution in [3.63, 3.8) is 0 Å². The first-order chi connectivity index (χ1) is 12.2. The molecule has 5 heteroatoms. The number of aryl methyl sites for hydroxylation is 1. The number of carbonyl (C=O) groups excluding carboxylic acids is 1. The average Bonchev–Trinajstić information content (AvgIpc) is 3.18. The first-order valence-electron chi connectivity index (χ1n) is 8.94. The van der Waals surface area contributed by atoms with Crippen LogP contribution in [0.4, 0.5) is 0 Å². The minimum Gasteiger partial charge on any atom is -0.493 e. The molecule has 1 heterocycles. The Morgan fingerprint density at radius 3 is 2.24 bits per heavy atom. The summed E-state index contributed by atoms with van der Waals surface area (Å²) in [5.74, 6) is 2.15. The van der Waals surface area contributed by atoms with Crippen LogP contribution in [-0.4, -0.2) is 45.2 Å². The molecule has 0 radical (unpaired) electrons. The molecule has 2 rings (SSSR count). The number of nitrogens with zero attached hydrogens (tertiary/aromatic N) is 1. The quantitative estimate of drug-likeness (QED) is 0.506. The number of benzene rings is 1. The number of carbonyl (C=O) groups is 1. The number of methoxy groups -OCH3 is 3. The molecule has 5 nitrogen and oxygen atoms in total. The fourth-order valence-corrected chi connectivity index (χ4v) is 3.10. The van der Waals surface area contributed by atoms with Crippen LogP contribution in [0.25, 0.3) is 0 Å². The number of rotatable bonds is 9. The molecular weight excluding hydrogens is 318 g/mol. The third-order valence-corrected chi connectivity index (χ3v) is 4.49. The van der Waals surface area contributed by atoms with Crippen LogP contribution in [0.15, 0.2) is 24.3 Å². The van der Waals surface area contributed by atoms with E-state index in [1.165, 1.54) is 0 Å². The second-order valence-electron chi connectivity index (χ2n) is 6.21. The highest BCUT2D eigenvalue weighted by atomic mass is 16.5. The Morgan fingerprint density at radius 2 is 1.68 bits per heavy atom. The van der Waals surface area contributed by atoms with Gasteiger partial charge in [0.05, 0.1) is 21.3 Å². The van der Waals surface area contributed by atoms with Crippen LogP contribution in [0.2, 0.25) is 0 Å². The van der Waals surface area contributed by atoms with Gasteiger partial charge in [0.15, 0.2) is 11.5 Å². The number of unbranched alkanes of at least 4 members (excludes halogenated alkanes) is 2. The number of hydrogen-bond acceptors (Lipinski definition) is 4. The molecule has 0 atom stereocenters. The summed E-state index contributed by atoms with van der Waals surface area (Å²) < 4.78 is 16.1. The van der Waals surface area contributed by atoms with Gasteiger partial charge < -0.3 is 19.1 Å². The summed E-state index contributed by atoms with van der Waals surface area (Å²) in [6.07, 6.45) is 9.93. The smallest absolute Gasteiger partial charge is 0.246 e. The van der Waals surface area contributed by atoms with Crippen molar-refractivity contribution in [1.29, 1.82) is 0 Å². The number of ether oxygens (including phenoxy) is 3. The van der Waals surface area contributed by atoms with Gasteiger partial charge in [-0.1, -0.05) is 6.08 Å². The number of allylic oxidation sites excluding steroid dienone is 1. The topological polar surface area (TPSA) is 48.0 Å². The highest BCUT2D eigenvalue weighted by Crippen LogP contribution is 2.38. The van der Waals surface area contributed by atoms with E-state index in [0.29, 0.717) is 17.2 Å². The van der Waals surface area contributed by atoms with E-state index in [4.69, 9.17) is 14.2 Å². The van der Waals surface area contributed by atoms with E-state index >= 15 is 0 Å². The molecule has 1 amide bonds. The summed E-state index contributed by atoms with van der Waals surface area (Å²) in [7, 11) is 4.86. The lowest BCUT2D eigenvalue weighted by Crippen LogP contribution is -2.25. The van der Waals surface area contributed by atoms with Crippen molar-refractivity contribution in [3.8, 4) is 17.2 Å². The van der Waals surface area contributed by atoms with E-state index in [1.807, 2.05) is 23.1 Å². The van der Waals surface area contributed by atoms with Gasteiger partial charge in [0, 0.05) is 13.1 Å². The van der Waals surface area contributed by atoms with Crippen LogP contribution < -0.4 is 14.2 Å². The Hall–Kier alpha value is -2.17. The first kappa shape index (κ1) is 19.2. The van der Waals surface area contributed by atoms with E-state index in [-0.39, 0.29) is 5.91 Å². The molecule has 0 aromatic heterocycles. The van der Waals surface area contributed by atoms with Crippen molar-refractivity contribution < 1.29 is 19.0 Å². The maximum Gasteiger partial charge on any atom is 0.246 e. The Morgan fingerprint density at radius 1 is 1.04 bits per heavy atom. The fourth-order valence-electron chi connectivity index (χ4n) is 3.10. The number of amides is 1. The number of likely N-dealkylation sites (tertiary alicyclic amines) is 1. The molecule has 0 unspecified atom stereocenters. The normalized spacial score (nSPS) is 14.1. The molecule has 1 aliphatic rings. The standard InChI is InChI=1S/C20H29NO4/c1-23-17-14-16(15-18(24-2)20(17)25-3)10-6-4-5-7-11-19(22)21-12-8-9-13-21/h7,11,14-15H,4-6,8-10,12-13H2,1-3H3/b11-7+. The second kappa shape index (κ2) is 9.97. The minimum absolute atomic E-state index is 0.155. The third-order valence-electron chi connectivity index (χ3n) is 4.49. The lowest BCUT2D eigenvalue weighted by Gasteiger charge is -2.14. The van der Waals surface area contributed by atoms with E-state index in [2.05, 4.69) is 0 Å².